The van der Waals surface area contributed by atoms with Crippen molar-refractivity contribution in [2.75, 3.05) is 33.3 Å². The van der Waals surface area contributed by atoms with Crippen molar-refractivity contribution in [3.05, 3.63) is 0 Å². The Hall–Kier alpha value is -0.610. The molecule has 0 saturated carbocycles. The molecule has 1 amide bonds. The molecule has 0 spiro atoms. The Labute approximate surface area is 91.0 Å². The fraction of sp³-hybridized carbons (Fsp3) is 0.909. The maximum absolute atomic E-state index is 11.5. The zero-order chi connectivity index (χ0) is 10.7. The molecule has 2 heterocycles. The average Bonchev–Trinajstić information content (AvgIpc) is 2.83. The number of likely N-dealkylation sites (N-methyl/N-ethyl adjacent to an activating group) is 1. The second-order valence-corrected chi connectivity index (χ2v) is 4.56. The molecule has 2 atom stereocenters. The van der Waals surface area contributed by atoms with Gasteiger partial charge in [-0.25, -0.2) is 0 Å². The van der Waals surface area contributed by atoms with Crippen molar-refractivity contribution in [2.45, 2.75) is 25.4 Å². The van der Waals surface area contributed by atoms with E-state index in [1.54, 1.807) is 4.90 Å². The summed E-state index contributed by atoms with van der Waals surface area (Å²) in [5, 5.41) is 3.34. The van der Waals surface area contributed by atoms with Crippen LogP contribution in [-0.2, 0) is 9.53 Å². The summed E-state index contributed by atoms with van der Waals surface area (Å²) in [6.45, 7) is 3.82. The summed E-state index contributed by atoms with van der Waals surface area (Å²) < 4.78 is 5.63. The largest absolute Gasteiger partial charge is 0.368 e. The summed E-state index contributed by atoms with van der Waals surface area (Å²) in [6, 6.07) is 0. The highest BCUT2D eigenvalue weighted by atomic mass is 16.5. The van der Waals surface area contributed by atoms with Gasteiger partial charge >= 0.3 is 0 Å². The Balaban J connectivity index is 1.63. The fourth-order valence-electron chi connectivity index (χ4n) is 2.28. The summed E-state index contributed by atoms with van der Waals surface area (Å²) in [4.78, 5) is 13.3. The van der Waals surface area contributed by atoms with E-state index in [-0.39, 0.29) is 12.0 Å². The van der Waals surface area contributed by atoms with Crippen LogP contribution in [0.5, 0.6) is 0 Å². The number of nitrogens with zero attached hydrogens (tertiary/aromatic N) is 1. The first-order valence-corrected chi connectivity index (χ1v) is 5.84. The normalized spacial score (nSPS) is 31.5. The van der Waals surface area contributed by atoms with Crippen molar-refractivity contribution >= 4 is 5.91 Å². The molecule has 4 heteroatoms. The second-order valence-electron chi connectivity index (χ2n) is 4.56. The van der Waals surface area contributed by atoms with E-state index in [0.29, 0.717) is 0 Å². The number of carbonyl (C=O) groups is 1. The molecule has 0 aromatic heterocycles. The van der Waals surface area contributed by atoms with E-state index < -0.39 is 0 Å². The highest BCUT2D eigenvalue weighted by Gasteiger charge is 2.29. The van der Waals surface area contributed by atoms with Crippen LogP contribution in [-0.4, -0.2) is 50.2 Å². The lowest BCUT2D eigenvalue weighted by atomic mass is 10.1. The van der Waals surface area contributed by atoms with Crippen molar-refractivity contribution in [3.8, 4) is 0 Å². The summed E-state index contributed by atoms with van der Waals surface area (Å²) in [7, 11) is 1.84. The topological polar surface area (TPSA) is 41.6 Å². The third kappa shape index (κ3) is 2.69. The van der Waals surface area contributed by atoms with Crippen LogP contribution in [0.25, 0.3) is 0 Å². The van der Waals surface area contributed by atoms with Gasteiger partial charge in [0.1, 0.15) is 6.10 Å². The van der Waals surface area contributed by atoms with E-state index in [2.05, 4.69) is 5.32 Å². The van der Waals surface area contributed by atoms with Gasteiger partial charge in [-0.2, -0.15) is 0 Å². The van der Waals surface area contributed by atoms with Crippen LogP contribution in [0.4, 0.5) is 0 Å². The molecule has 0 bridgehead atoms. The van der Waals surface area contributed by atoms with E-state index in [1.807, 2.05) is 7.05 Å². The predicted octanol–water partition coefficient (Wildman–Crippen LogP) is 0.233. The molecular formula is C11H20N2O2. The molecule has 0 aromatic rings. The molecule has 2 fully saturated rings. The fourth-order valence-corrected chi connectivity index (χ4v) is 2.28. The highest BCUT2D eigenvalue weighted by molar-refractivity contribution is 5.82. The first-order valence-electron chi connectivity index (χ1n) is 5.84. The standard InChI is InChI=1S/C11H20N2O2/c1-13-6-3-10(11(13)14)15-7-4-9-2-5-12-8-9/h9-10,12H,2-8H2,1H3. The Morgan fingerprint density at radius 3 is 3.00 bits per heavy atom. The minimum absolute atomic E-state index is 0.152. The van der Waals surface area contributed by atoms with Gasteiger partial charge in [0.15, 0.2) is 0 Å². The monoisotopic (exact) mass is 212 g/mol. The summed E-state index contributed by atoms with van der Waals surface area (Å²) in [6.07, 6.45) is 3.03. The number of nitrogens with one attached hydrogen (secondary N) is 1. The van der Waals surface area contributed by atoms with Crippen LogP contribution in [0.2, 0.25) is 0 Å². The molecule has 2 rings (SSSR count). The molecule has 0 aromatic carbocycles. The Bertz CT molecular complexity index is 227. The van der Waals surface area contributed by atoms with Gasteiger partial charge in [-0.1, -0.05) is 0 Å². The number of likely N-dealkylation sites (tertiary alicyclic amines) is 1. The number of rotatable bonds is 4. The van der Waals surface area contributed by atoms with Crippen molar-refractivity contribution in [2.24, 2.45) is 5.92 Å². The minimum Gasteiger partial charge on any atom is -0.368 e. The molecule has 2 unspecified atom stereocenters. The van der Waals surface area contributed by atoms with E-state index in [9.17, 15) is 4.79 Å². The van der Waals surface area contributed by atoms with E-state index >= 15 is 0 Å². The molecule has 15 heavy (non-hydrogen) atoms. The number of hydrogen-bond donors (Lipinski definition) is 1. The minimum atomic E-state index is -0.163. The molecule has 86 valence electrons. The number of hydrogen-bond acceptors (Lipinski definition) is 3. The summed E-state index contributed by atoms with van der Waals surface area (Å²) in [5.41, 5.74) is 0. The van der Waals surface area contributed by atoms with Crippen LogP contribution in [0.1, 0.15) is 19.3 Å². The van der Waals surface area contributed by atoms with Crippen LogP contribution < -0.4 is 5.32 Å². The zero-order valence-electron chi connectivity index (χ0n) is 9.37. The number of amides is 1. The van der Waals surface area contributed by atoms with Crippen molar-refractivity contribution in [3.63, 3.8) is 0 Å². The van der Waals surface area contributed by atoms with Crippen LogP contribution in [0, 0.1) is 5.92 Å². The van der Waals surface area contributed by atoms with Crippen LogP contribution in [0.15, 0.2) is 0 Å². The van der Waals surface area contributed by atoms with Gasteiger partial charge < -0.3 is 15.0 Å². The summed E-state index contributed by atoms with van der Waals surface area (Å²) in [5.74, 6) is 0.902. The van der Waals surface area contributed by atoms with E-state index in [1.165, 1.54) is 6.42 Å². The molecule has 0 aliphatic carbocycles. The quantitative estimate of drug-likeness (QED) is 0.725. The zero-order valence-corrected chi connectivity index (χ0v) is 9.37. The van der Waals surface area contributed by atoms with Gasteiger partial charge in [-0.15, -0.1) is 0 Å². The number of ether oxygens (including phenoxy) is 1. The first-order chi connectivity index (χ1) is 7.27. The molecule has 0 radical (unpaired) electrons. The van der Waals surface area contributed by atoms with Crippen molar-refractivity contribution in [1.29, 1.82) is 0 Å². The Morgan fingerprint density at radius 1 is 1.53 bits per heavy atom. The van der Waals surface area contributed by atoms with E-state index in [4.69, 9.17) is 4.74 Å². The average molecular weight is 212 g/mol. The van der Waals surface area contributed by atoms with Gasteiger partial charge in [0.05, 0.1) is 0 Å². The lowest BCUT2D eigenvalue weighted by Gasteiger charge is -2.13. The highest BCUT2D eigenvalue weighted by Crippen LogP contribution is 2.16. The SMILES string of the molecule is CN1CCC(OCCC2CCNC2)C1=O. The van der Waals surface area contributed by atoms with Crippen LogP contribution in [0.3, 0.4) is 0 Å². The lowest BCUT2D eigenvalue weighted by molar-refractivity contribution is -0.136. The van der Waals surface area contributed by atoms with Crippen molar-refractivity contribution in [1.82, 2.24) is 10.2 Å². The van der Waals surface area contributed by atoms with E-state index in [0.717, 1.165) is 45.0 Å². The lowest BCUT2D eigenvalue weighted by Crippen LogP contribution is -2.28. The van der Waals surface area contributed by atoms with Gasteiger partial charge in [-0.05, 0) is 31.8 Å². The summed E-state index contributed by atoms with van der Waals surface area (Å²) >= 11 is 0. The van der Waals surface area contributed by atoms with Crippen LogP contribution >= 0.6 is 0 Å². The number of carbonyl (C=O) groups excluding carboxylic acids is 1. The first kappa shape index (κ1) is 10.9. The molecular weight excluding hydrogens is 192 g/mol. The third-order valence-corrected chi connectivity index (χ3v) is 3.39. The second kappa shape index (κ2) is 4.94. The Morgan fingerprint density at radius 2 is 2.40 bits per heavy atom. The maximum atomic E-state index is 11.5. The maximum Gasteiger partial charge on any atom is 0.251 e. The van der Waals surface area contributed by atoms with Gasteiger partial charge in [0.25, 0.3) is 5.91 Å². The third-order valence-electron chi connectivity index (χ3n) is 3.39. The van der Waals surface area contributed by atoms with Gasteiger partial charge in [-0.3, -0.25) is 4.79 Å². The Kier molecular flexibility index (Phi) is 3.59. The smallest absolute Gasteiger partial charge is 0.251 e. The predicted molar refractivity (Wildman–Crippen MR) is 57.6 cm³/mol. The van der Waals surface area contributed by atoms with Gasteiger partial charge in [0, 0.05) is 26.6 Å². The molecule has 1 N–H and O–H groups in total. The molecule has 2 aliphatic rings. The molecule has 2 aliphatic heterocycles. The van der Waals surface area contributed by atoms with Gasteiger partial charge in [0.2, 0.25) is 0 Å². The van der Waals surface area contributed by atoms with Crippen molar-refractivity contribution < 1.29 is 9.53 Å². The molecule has 4 nitrogen and oxygen atoms in total. The molecule has 2 saturated heterocycles.